The quantitative estimate of drug-likeness (QED) is 0.134. The molecule has 0 unspecified atom stereocenters. The van der Waals surface area contributed by atoms with Crippen LogP contribution in [0.2, 0.25) is 0 Å². The van der Waals surface area contributed by atoms with Gasteiger partial charge in [0.15, 0.2) is 0 Å². The fraction of sp³-hybridized carbons (Fsp3) is 0.0952. The Kier molecular flexibility index (Phi) is 6.19. The van der Waals surface area contributed by atoms with Crippen LogP contribution in [-0.2, 0) is 0 Å². The lowest BCUT2D eigenvalue weighted by molar-refractivity contribution is 0.758. The van der Waals surface area contributed by atoms with Gasteiger partial charge in [-0.15, -0.1) is 0 Å². The van der Waals surface area contributed by atoms with Gasteiger partial charge in [0, 0.05) is 0 Å². The molecule has 1 aliphatic carbocycles. The maximum Gasteiger partial charge on any atom is -0.00988 e. The predicted molar refractivity (Wildman–Crippen MR) is 186 cm³/mol. The highest BCUT2D eigenvalue weighted by Gasteiger charge is 2.08. The van der Waals surface area contributed by atoms with Crippen molar-refractivity contribution in [1.29, 1.82) is 0 Å². The molecule has 0 saturated carbocycles. The zero-order valence-electron chi connectivity index (χ0n) is 23.7. The van der Waals surface area contributed by atoms with Crippen LogP contribution in [0.15, 0.2) is 146 Å². The highest BCUT2D eigenvalue weighted by atomic mass is 14.1. The normalized spacial score (nSPS) is 13.6. The summed E-state index contributed by atoms with van der Waals surface area (Å²) in [5.74, 6) is 0. The van der Waals surface area contributed by atoms with Gasteiger partial charge in [-0.05, 0) is 162 Å². The second-order valence-corrected chi connectivity index (χ2v) is 11.6. The molecule has 0 nitrogen and oxygen atoms in total. The van der Waals surface area contributed by atoms with E-state index in [1.54, 1.807) is 0 Å². The van der Waals surface area contributed by atoms with E-state index >= 15 is 0 Å². The Hall–Kier alpha value is -4.94. The lowest BCUT2D eigenvalue weighted by atomic mass is 9.93. The lowest BCUT2D eigenvalue weighted by Crippen LogP contribution is -1.83. The molecule has 0 atom stereocenters. The third-order valence-corrected chi connectivity index (χ3v) is 8.81. The van der Waals surface area contributed by atoms with E-state index in [9.17, 15) is 0 Å². The molecule has 42 heavy (non-hydrogen) atoms. The molecule has 8 aromatic carbocycles. The monoisotopic (exact) mass is 536 g/mol. The van der Waals surface area contributed by atoms with Crippen molar-refractivity contribution in [3.63, 3.8) is 0 Å². The third-order valence-electron chi connectivity index (χ3n) is 8.81. The first-order valence-corrected chi connectivity index (χ1v) is 15.2. The van der Waals surface area contributed by atoms with Crippen LogP contribution in [0.5, 0.6) is 0 Å². The van der Waals surface area contributed by atoms with Crippen molar-refractivity contribution >= 4 is 75.4 Å². The van der Waals surface area contributed by atoms with Crippen LogP contribution in [0, 0.1) is 0 Å². The van der Waals surface area contributed by atoms with E-state index < -0.39 is 0 Å². The highest BCUT2D eigenvalue weighted by Crippen LogP contribution is 2.35. The van der Waals surface area contributed by atoms with Crippen LogP contribution in [0.4, 0.5) is 0 Å². The van der Waals surface area contributed by atoms with E-state index in [1.165, 1.54) is 101 Å². The van der Waals surface area contributed by atoms with Crippen LogP contribution in [0.1, 0.15) is 25.7 Å². The van der Waals surface area contributed by atoms with Crippen molar-refractivity contribution in [3.05, 3.63) is 146 Å². The molecule has 0 heterocycles. The summed E-state index contributed by atoms with van der Waals surface area (Å²) in [7, 11) is 0. The Bertz CT molecular complexity index is 2310. The molecule has 0 aromatic heterocycles. The molecule has 8 aromatic rings. The number of allylic oxidation sites excluding steroid dienone is 4. The molecule has 0 saturated heterocycles. The molecule has 1 aliphatic rings. The van der Waals surface area contributed by atoms with E-state index in [1.807, 2.05) is 0 Å². The van der Waals surface area contributed by atoms with Crippen LogP contribution < -0.4 is 0 Å². The summed E-state index contributed by atoms with van der Waals surface area (Å²) in [5, 5.41) is 18.2. The summed E-state index contributed by atoms with van der Waals surface area (Å²) >= 11 is 0. The molecule has 0 aliphatic heterocycles. The number of hydrogen-bond donors (Lipinski definition) is 0. The maximum absolute atomic E-state index is 2.38. The predicted octanol–water partition coefficient (Wildman–Crippen LogP) is 12.4. The van der Waals surface area contributed by atoms with Crippen LogP contribution >= 0.6 is 0 Å². The minimum Gasteiger partial charge on any atom is -0.0845 e. The minimum absolute atomic E-state index is 1.27. The SMILES string of the molecule is C1=CCCCCC=C1.c1ccc2cc3cc4cc5c(ccc6cc7cc8ccccc8cc7cc65)cc4cc3cc2c1. The Labute approximate surface area is 246 Å². The van der Waals surface area contributed by atoms with Gasteiger partial charge < -0.3 is 0 Å². The van der Waals surface area contributed by atoms with Gasteiger partial charge >= 0.3 is 0 Å². The van der Waals surface area contributed by atoms with Gasteiger partial charge in [-0.1, -0.05) is 85.0 Å². The van der Waals surface area contributed by atoms with Crippen molar-refractivity contribution in [2.45, 2.75) is 25.7 Å². The first-order valence-electron chi connectivity index (χ1n) is 15.2. The minimum atomic E-state index is 1.27. The van der Waals surface area contributed by atoms with Gasteiger partial charge in [-0.25, -0.2) is 0 Å². The topological polar surface area (TPSA) is 0 Å². The van der Waals surface area contributed by atoms with E-state index in [-0.39, 0.29) is 0 Å². The summed E-state index contributed by atoms with van der Waals surface area (Å²) in [6.45, 7) is 0. The molecule has 0 N–H and O–H groups in total. The Morgan fingerprint density at radius 3 is 0.976 bits per heavy atom. The third kappa shape index (κ3) is 4.60. The Morgan fingerprint density at radius 1 is 0.286 bits per heavy atom. The number of benzene rings is 8. The molecular formula is C42H32. The second kappa shape index (κ2) is 10.5. The van der Waals surface area contributed by atoms with Crippen molar-refractivity contribution in [2.24, 2.45) is 0 Å². The molecule has 200 valence electrons. The van der Waals surface area contributed by atoms with Crippen molar-refractivity contribution < 1.29 is 0 Å². The number of rotatable bonds is 0. The lowest BCUT2D eigenvalue weighted by Gasteiger charge is -2.10. The van der Waals surface area contributed by atoms with Crippen molar-refractivity contribution in [2.75, 3.05) is 0 Å². The fourth-order valence-electron chi connectivity index (χ4n) is 6.57. The molecule has 0 radical (unpaired) electrons. The zero-order valence-corrected chi connectivity index (χ0v) is 23.7. The van der Waals surface area contributed by atoms with Gasteiger partial charge in [-0.2, -0.15) is 0 Å². The number of fused-ring (bicyclic) bond motifs is 8. The first kappa shape index (κ1) is 24.8. The van der Waals surface area contributed by atoms with Crippen LogP contribution in [0.25, 0.3) is 75.4 Å². The molecule has 0 spiro atoms. The average molecular weight is 537 g/mol. The summed E-state index contributed by atoms with van der Waals surface area (Å²) in [4.78, 5) is 0. The summed E-state index contributed by atoms with van der Waals surface area (Å²) in [6.07, 6.45) is 14.0. The van der Waals surface area contributed by atoms with Crippen molar-refractivity contribution in [1.82, 2.24) is 0 Å². The van der Waals surface area contributed by atoms with Gasteiger partial charge in [-0.3, -0.25) is 0 Å². The first-order chi connectivity index (χ1) is 20.8. The fourth-order valence-corrected chi connectivity index (χ4v) is 6.57. The van der Waals surface area contributed by atoms with E-state index in [0.717, 1.165) is 0 Å². The zero-order chi connectivity index (χ0) is 27.9. The van der Waals surface area contributed by atoms with Crippen LogP contribution in [-0.4, -0.2) is 0 Å². The molecule has 0 amide bonds. The van der Waals surface area contributed by atoms with E-state index in [4.69, 9.17) is 0 Å². The Balaban J connectivity index is 0.000000292. The Morgan fingerprint density at radius 2 is 0.595 bits per heavy atom. The van der Waals surface area contributed by atoms with Gasteiger partial charge in [0.1, 0.15) is 0 Å². The van der Waals surface area contributed by atoms with Gasteiger partial charge in [0.2, 0.25) is 0 Å². The van der Waals surface area contributed by atoms with E-state index in [0.29, 0.717) is 0 Å². The van der Waals surface area contributed by atoms with Crippen LogP contribution in [0.3, 0.4) is 0 Å². The summed E-state index contributed by atoms with van der Waals surface area (Å²) in [6, 6.07) is 45.2. The largest absolute Gasteiger partial charge is 0.0845 e. The number of hydrogen-bond acceptors (Lipinski definition) is 0. The van der Waals surface area contributed by atoms with Gasteiger partial charge in [0.05, 0.1) is 0 Å². The summed E-state index contributed by atoms with van der Waals surface area (Å²) in [5.41, 5.74) is 0. The van der Waals surface area contributed by atoms with Crippen molar-refractivity contribution in [3.8, 4) is 0 Å². The molecular weight excluding hydrogens is 504 g/mol. The smallest absolute Gasteiger partial charge is 0.00988 e. The second-order valence-electron chi connectivity index (χ2n) is 11.6. The van der Waals surface area contributed by atoms with Gasteiger partial charge in [0.25, 0.3) is 0 Å². The standard InChI is InChI=1S/C34H20.C8H12/c1-2-7-23-13-29-18-32-20-34-26(16-30(32)17-28(29)12-22(23)6-1)10-9-25-15-27-11-21-5-3-4-8-24(21)14-31(27)19-33(25)34;1-2-4-6-8-7-5-3-1/h1-20H;1-4H,5-8H2. The van der Waals surface area contributed by atoms with E-state index in [2.05, 4.69) is 146 Å². The molecule has 0 fully saturated rings. The maximum atomic E-state index is 2.38. The highest BCUT2D eigenvalue weighted by molar-refractivity contribution is 6.17. The molecule has 0 bridgehead atoms. The molecule has 9 rings (SSSR count). The molecule has 0 heteroatoms. The summed E-state index contributed by atoms with van der Waals surface area (Å²) < 4.78 is 0. The average Bonchev–Trinajstić information content (AvgIpc) is 3.00.